The summed E-state index contributed by atoms with van der Waals surface area (Å²) in [7, 11) is 1.91. The normalized spacial score (nSPS) is 11.6. The summed E-state index contributed by atoms with van der Waals surface area (Å²) < 4.78 is 4.90. The second-order valence-electron chi connectivity index (χ2n) is 3.87. The van der Waals surface area contributed by atoms with E-state index in [-0.39, 0.29) is 12.6 Å². The SMILES string of the molecule is C[NH2+]C(COC(=O)NC(N)=O)Cc1ccccc1. The molecular weight excluding hydrogens is 234 g/mol. The molecule has 6 nitrogen and oxygen atoms in total. The second-order valence-corrected chi connectivity index (χ2v) is 3.87. The number of primary amides is 1. The molecule has 98 valence electrons. The number of ether oxygens (including phenoxy) is 1. The van der Waals surface area contributed by atoms with Crippen molar-refractivity contribution >= 4 is 12.1 Å². The Morgan fingerprint density at radius 1 is 1.39 bits per heavy atom. The molecule has 0 saturated carbocycles. The number of alkyl carbamates (subject to hydrolysis) is 1. The van der Waals surface area contributed by atoms with Crippen molar-refractivity contribution in [1.82, 2.24) is 5.32 Å². The largest absolute Gasteiger partial charge is 0.443 e. The number of hydrogen-bond acceptors (Lipinski definition) is 3. The van der Waals surface area contributed by atoms with Gasteiger partial charge in [-0.05, 0) is 5.56 Å². The number of rotatable bonds is 5. The maximum Gasteiger partial charge on any atom is 0.415 e. The average Bonchev–Trinajstić information content (AvgIpc) is 2.35. The van der Waals surface area contributed by atoms with Crippen LogP contribution in [0.2, 0.25) is 0 Å². The van der Waals surface area contributed by atoms with Gasteiger partial charge in [0, 0.05) is 6.42 Å². The minimum absolute atomic E-state index is 0.103. The average molecular weight is 252 g/mol. The van der Waals surface area contributed by atoms with Gasteiger partial charge in [-0.15, -0.1) is 0 Å². The first-order valence-electron chi connectivity index (χ1n) is 5.68. The van der Waals surface area contributed by atoms with Crippen molar-refractivity contribution < 1.29 is 19.6 Å². The van der Waals surface area contributed by atoms with Gasteiger partial charge in [-0.25, -0.2) is 14.9 Å². The summed E-state index contributed by atoms with van der Waals surface area (Å²) in [6, 6.07) is 9.09. The molecule has 1 aromatic rings. The maximum absolute atomic E-state index is 11.1. The molecule has 18 heavy (non-hydrogen) atoms. The molecule has 1 rings (SSSR count). The Balaban J connectivity index is 2.38. The number of imide groups is 1. The lowest BCUT2D eigenvalue weighted by Gasteiger charge is -2.13. The molecule has 0 heterocycles. The van der Waals surface area contributed by atoms with Crippen molar-refractivity contribution in [2.24, 2.45) is 5.73 Å². The number of urea groups is 1. The lowest BCUT2D eigenvalue weighted by atomic mass is 10.1. The molecule has 1 aromatic carbocycles. The van der Waals surface area contributed by atoms with Crippen molar-refractivity contribution in [3.63, 3.8) is 0 Å². The highest BCUT2D eigenvalue weighted by Gasteiger charge is 2.14. The van der Waals surface area contributed by atoms with E-state index >= 15 is 0 Å². The predicted molar refractivity (Wildman–Crippen MR) is 65.9 cm³/mol. The fourth-order valence-corrected chi connectivity index (χ4v) is 1.51. The van der Waals surface area contributed by atoms with Crippen molar-refractivity contribution in [3.05, 3.63) is 35.9 Å². The maximum atomic E-state index is 11.1. The number of likely N-dealkylation sites (N-methyl/N-ethyl adjacent to an activating group) is 1. The monoisotopic (exact) mass is 252 g/mol. The van der Waals surface area contributed by atoms with Crippen LogP contribution in [0.4, 0.5) is 9.59 Å². The highest BCUT2D eigenvalue weighted by Crippen LogP contribution is 2.01. The van der Waals surface area contributed by atoms with Gasteiger partial charge < -0.3 is 15.8 Å². The minimum atomic E-state index is -0.917. The highest BCUT2D eigenvalue weighted by atomic mass is 16.5. The molecule has 0 radical (unpaired) electrons. The molecule has 0 saturated heterocycles. The quantitative estimate of drug-likeness (QED) is 0.664. The van der Waals surface area contributed by atoms with E-state index < -0.39 is 12.1 Å². The summed E-state index contributed by atoms with van der Waals surface area (Å²) >= 11 is 0. The zero-order chi connectivity index (χ0) is 13.4. The van der Waals surface area contributed by atoms with Crippen molar-refractivity contribution in [3.8, 4) is 0 Å². The van der Waals surface area contributed by atoms with Gasteiger partial charge in [0.15, 0.2) is 0 Å². The number of amides is 3. The fourth-order valence-electron chi connectivity index (χ4n) is 1.51. The molecule has 1 unspecified atom stereocenters. The minimum Gasteiger partial charge on any atom is -0.443 e. The Morgan fingerprint density at radius 2 is 2.06 bits per heavy atom. The third-order valence-electron chi connectivity index (χ3n) is 2.47. The summed E-state index contributed by atoms with van der Waals surface area (Å²) in [6.45, 7) is 0.213. The zero-order valence-electron chi connectivity index (χ0n) is 10.3. The fraction of sp³-hybridized carbons (Fsp3) is 0.333. The van der Waals surface area contributed by atoms with Crippen LogP contribution in [0.1, 0.15) is 5.56 Å². The second kappa shape index (κ2) is 7.29. The standard InChI is InChI=1S/C12H17N3O3/c1-14-10(7-9-5-3-2-4-6-9)8-18-12(17)15-11(13)16/h2-6,10,14H,7-8H2,1H3,(H3,13,15,16,17)/p+1. The topological polar surface area (TPSA) is 98.0 Å². The molecular formula is C12H18N3O3+. The van der Waals surface area contributed by atoms with Gasteiger partial charge in [-0.2, -0.15) is 0 Å². The van der Waals surface area contributed by atoms with Crippen LogP contribution in [0.25, 0.3) is 0 Å². The molecule has 0 aromatic heterocycles. The van der Waals surface area contributed by atoms with Gasteiger partial charge in [-0.3, -0.25) is 0 Å². The van der Waals surface area contributed by atoms with Gasteiger partial charge in [0.2, 0.25) is 0 Å². The van der Waals surface area contributed by atoms with Gasteiger partial charge >= 0.3 is 12.1 Å². The van der Waals surface area contributed by atoms with E-state index in [1.165, 1.54) is 5.56 Å². The number of benzene rings is 1. The van der Waals surface area contributed by atoms with E-state index in [1.807, 2.05) is 48.0 Å². The van der Waals surface area contributed by atoms with E-state index in [0.717, 1.165) is 6.42 Å². The smallest absolute Gasteiger partial charge is 0.415 e. The molecule has 1 atom stereocenters. The van der Waals surface area contributed by atoms with Gasteiger partial charge in [0.25, 0.3) is 0 Å². The van der Waals surface area contributed by atoms with Crippen LogP contribution < -0.4 is 16.4 Å². The van der Waals surface area contributed by atoms with E-state index in [4.69, 9.17) is 10.5 Å². The van der Waals surface area contributed by atoms with Crippen LogP contribution in [0.15, 0.2) is 30.3 Å². The molecule has 5 N–H and O–H groups in total. The molecule has 0 bridgehead atoms. The molecule has 0 spiro atoms. The van der Waals surface area contributed by atoms with E-state index in [0.29, 0.717) is 0 Å². The summed E-state index contributed by atoms with van der Waals surface area (Å²) in [5, 5.41) is 3.81. The van der Waals surface area contributed by atoms with Crippen molar-refractivity contribution in [1.29, 1.82) is 0 Å². The third kappa shape index (κ3) is 5.31. The Labute approximate surface area is 105 Å². The lowest BCUT2D eigenvalue weighted by Crippen LogP contribution is -2.88. The van der Waals surface area contributed by atoms with E-state index in [9.17, 15) is 9.59 Å². The van der Waals surface area contributed by atoms with Gasteiger partial charge in [-0.1, -0.05) is 30.3 Å². The lowest BCUT2D eigenvalue weighted by molar-refractivity contribution is -0.664. The van der Waals surface area contributed by atoms with Gasteiger partial charge in [0.1, 0.15) is 12.6 Å². The van der Waals surface area contributed by atoms with Crippen LogP contribution in [0.3, 0.4) is 0 Å². The zero-order valence-corrected chi connectivity index (χ0v) is 10.3. The number of carbonyl (C=O) groups is 2. The molecule has 0 aliphatic heterocycles. The first kappa shape index (κ1) is 14.0. The van der Waals surface area contributed by atoms with Crippen LogP contribution in [0, 0.1) is 0 Å². The molecule has 0 fully saturated rings. The Kier molecular flexibility index (Phi) is 5.66. The number of nitrogens with one attached hydrogen (secondary N) is 1. The van der Waals surface area contributed by atoms with Crippen molar-refractivity contribution in [2.75, 3.05) is 13.7 Å². The Morgan fingerprint density at radius 3 is 2.61 bits per heavy atom. The highest BCUT2D eigenvalue weighted by molar-refractivity contribution is 5.89. The predicted octanol–water partition coefficient (Wildman–Crippen LogP) is -0.404. The number of nitrogens with two attached hydrogens (primary N) is 2. The third-order valence-corrected chi connectivity index (χ3v) is 2.47. The Bertz CT molecular complexity index is 395. The first-order chi connectivity index (χ1) is 8.61. The van der Waals surface area contributed by atoms with E-state index in [1.54, 1.807) is 0 Å². The molecule has 0 aliphatic carbocycles. The summed E-state index contributed by atoms with van der Waals surface area (Å²) in [6.07, 6.45) is -0.0383. The number of quaternary nitrogens is 1. The van der Waals surface area contributed by atoms with E-state index in [2.05, 4.69) is 0 Å². The van der Waals surface area contributed by atoms with Gasteiger partial charge in [0.05, 0.1) is 7.05 Å². The van der Waals surface area contributed by atoms with Crippen molar-refractivity contribution in [2.45, 2.75) is 12.5 Å². The van der Waals surface area contributed by atoms with Crippen LogP contribution >= 0.6 is 0 Å². The first-order valence-corrected chi connectivity index (χ1v) is 5.68. The molecule has 0 aliphatic rings. The summed E-state index contributed by atoms with van der Waals surface area (Å²) in [5.41, 5.74) is 5.96. The van der Waals surface area contributed by atoms with Crippen LogP contribution in [-0.4, -0.2) is 31.8 Å². The van der Waals surface area contributed by atoms with Crippen LogP contribution in [0.5, 0.6) is 0 Å². The van der Waals surface area contributed by atoms with Crippen LogP contribution in [-0.2, 0) is 11.2 Å². The molecule has 6 heteroatoms. The number of hydrogen-bond donors (Lipinski definition) is 3. The molecule has 3 amide bonds. The number of carbonyl (C=O) groups excluding carboxylic acids is 2. The Hall–Kier alpha value is -2.08. The summed E-state index contributed by atoms with van der Waals surface area (Å²) in [5.74, 6) is 0. The summed E-state index contributed by atoms with van der Waals surface area (Å²) in [4.78, 5) is 21.5.